The number of carbonyl (C=O) groups is 1. The molecule has 0 radical (unpaired) electrons. The monoisotopic (exact) mass is 304 g/mol. The summed E-state index contributed by atoms with van der Waals surface area (Å²) in [7, 11) is 0. The van der Waals surface area contributed by atoms with Crippen LogP contribution in [0.1, 0.15) is 21.6 Å². The lowest BCUT2D eigenvalue weighted by Gasteiger charge is -2.08. The first-order chi connectivity index (χ1) is 8.58. The fourth-order valence-corrected chi connectivity index (χ4v) is 1.97. The highest BCUT2D eigenvalue weighted by Crippen LogP contribution is 2.21. The topological polar surface area (TPSA) is 42.0 Å². The molecule has 0 spiro atoms. The van der Waals surface area contributed by atoms with Crippen molar-refractivity contribution in [3.63, 3.8) is 0 Å². The number of nitrogens with zero attached hydrogens (tertiary/aromatic N) is 1. The minimum atomic E-state index is -0.142. The van der Waals surface area contributed by atoms with Gasteiger partial charge in [0.05, 0.1) is 5.56 Å². The molecule has 1 aromatic heterocycles. The predicted octanol–water partition coefficient (Wildman–Crippen LogP) is 3.71. The van der Waals surface area contributed by atoms with Gasteiger partial charge in [0, 0.05) is 22.1 Å². The summed E-state index contributed by atoms with van der Waals surface area (Å²) in [5, 5.41) is 2.86. The van der Waals surface area contributed by atoms with Gasteiger partial charge in [-0.3, -0.25) is 9.78 Å². The van der Waals surface area contributed by atoms with Crippen LogP contribution in [0.15, 0.2) is 41.0 Å². The molecular formula is C14H13BrN2O. The first-order valence-electron chi connectivity index (χ1n) is 5.57. The molecule has 1 aromatic carbocycles. The van der Waals surface area contributed by atoms with Crippen molar-refractivity contribution in [3.8, 4) is 0 Å². The zero-order valence-corrected chi connectivity index (χ0v) is 11.8. The molecule has 1 heterocycles. The van der Waals surface area contributed by atoms with Gasteiger partial charge in [-0.1, -0.05) is 22.0 Å². The van der Waals surface area contributed by atoms with Crippen LogP contribution in [0.4, 0.5) is 5.69 Å². The maximum absolute atomic E-state index is 12.1. The number of pyridine rings is 1. The van der Waals surface area contributed by atoms with Crippen molar-refractivity contribution < 1.29 is 4.79 Å². The van der Waals surface area contributed by atoms with E-state index in [0.717, 1.165) is 21.4 Å². The molecule has 4 heteroatoms. The number of nitrogens with one attached hydrogen (secondary N) is 1. The summed E-state index contributed by atoms with van der Waals surface area (Å²) in [5.74, 6) is -0.142. The van der Waals surface area contributed by atoms with Crippen molar-refractivity contribution >= 4 is 27.5 Å². The molecule has 2 aromatic rings. The van der Waals surface area contributed by atoms with Crippen LogP contribution in [0.5, 0.6) is 0 Å². The molecule has 0 bridgehead atoms. The Kier molecular flexibility index (Phi) is 3.77. The van der Waals surface area contributed by atoms with E-state index in [4.69, 9.17) is 0 Å². The molecule has 1 N–H and O–H groups in total. The van der Waals surface area contributed by atoms with Crippen LogP contribution in [0.2, 0.25) is 0 Å². The Balaban J connectivity index is 2.22. The van der Waals surface area contributed by atoms with Gasteiger partial charge < -0.3 is 5.32 Å². The fourth-order valence-electron chi connectivity index (χ4n) is 1.59. The molecular weight excluding hydrogens is 292 g/mol. The molecule has 0 unspecified atom stereocenters. The largest absolute Gasteiger partial charge is 0.322 e. The van der Waals surface area contributed by atoms with E-state index in [9.17, 15) is 4.79 Å². The summed E-state index contributed by atoms with van der Waals surface area (Å²) in [6.07, 6.45) is 1.68. The van der Waals surface area contributed by atoms with Crippen LogP contribution in [0.3, 0.4) is 0 Å². The summed E-state index contributed by atoms with van der Waals surface area (Å²) in [6, 6.07) is 9.24. The van der Waals surface area contributed by atoms with Crippen LogP contribution in [-0.4, -0.2) is 10.9 Å². The van der Waals surface area contributed by atoms with Crippen molar-refractivity contribution in [1.29, 1.82) is 0 Å². The molecule has 2 rings (SSSR count). The molecule has 0 saturated heterocycles. The molecule has 3 nitrogen and oxygen atoms in total. The number of aromatic nitrogens is 1. The Hall–Kier alpha value is -1.68. The van der Waals surface area contributed by atoms with Gasteiger partial charge in [-0.25, -0.2) is 0 Å². The van der Waals surface area contributed by atoms with Gasteiger partial charge in [-0.2, -0.15) is 0 Å². The van der Waals surface area contributed by atoms with E-state index in [-0.39, 0.29) is 5.91 Å². The molecule has 0 aliphatic carbocycles. The molecule has 0 saturated carbocycles. The summed E-state index contributed by atoms with van der Waals surface area (Å²) in [6.45, 7) is 3.82. The van der Waals surface area contributed by atoms with Gasteiger partial charge in [-0.15, -0.1) is 0 Å². The number of aryl methyl sites for hydroxylation is 2. The molecule has 0 aliphatic heterocycles. The van der Waals surface area contributed by atoms with Crippen molar-refractivity contribution in [1.82, 2.24) is 4.98 Å². The zero-order chi connectivity index (χ0) is 13.1. The van der Waals surface area contributed by atoms with Gasteiger partial charge in [0.2, 0.25) is 0 Å². The number of benzene rings is 1. The van der Waals surface area contributed by atoms with E-state index in [1.54, 1.807) is 18.3 Å². The second-order valence-corrected chi connectivity index (χ2v) is 4.91. The molecule has 18 heavy (non-hydrogen) atoms. The quantitative estimate of drug-likeness (QED) is 0.919. The number of carbonyl (C=O) groups excluding carboxylic acids is 1. The number of hydrogen-bond donors (Lipinski definition) is 1. The van der Waals surface area contributed by atoms with E-state index in [2.05, 4.69) is 26.2 Å². The Morgan fingerprint density at radius 1 is 1.28 bits per heavy atom. The van der Waals surface area contributed by atoms with Crippen LogP contribution in [0, 0.1) is 13.8 Å². The fraction of sp³-hybridized carbons (Fsp3) is 0.143. The van der Waals surface area contributed by atoms with E-state index in [0.29, 0.717) is 5.56 Å². The van der Waals surface area contributed by atoms with Crippen molar-refractivity contribution in [2.75, 3.05) is 5.32 Å². The Bertz CT molecular complexity index is 596. The van der Waals surface area contributed by atoms with E-state index < -0.39 is 0 Å². The summed E-state index contributed by atoms with van der Waals surface area (Å²) < 4.78 is 0.975. The SMILES string of the molecule is Cc1ccc(NC(=O)c2cccnc2C)cc1Br. The van der Waals surface area contributed by atoms with Crippen LogP contribution >= 0.6 is 15.9 Å². The van der Waals surface area contributed by atoms with Crippen LogP contribution in [-0.2, 0) is 0 Å². The Labute approximate surface area is 114 Å². The van der Waals surface area contributed by atoms with Gasteiger partial charge in [0.25, 0.3) is 5.91 Å². The minimum Gasteiger partial charge on any atom is -0.322 e. The highest BCUT2D eigenvalue weighted by molar-refractivity contribution is 9.10. The highest BCUT2D eigenvalue weighted by Gasteiger charge is 2.09. The smallest absolute Gasteiger partial charge is 0.257 e. The van der Waals surface area contributed by atoms with Crippen molar-refractivity contribution in [2.45, 2.75) is 13.8 Å². The van der Waals surface area contributed by atoms with Gasteiger partial charge in [0.1, 0.15) is 0 Å². The second-order valence-electron chi connectivity index (χ2n) is 4.05. The number of anilines is 1. The molecule has 92 valence electrons. The molecule has 0 aliphatic rings. The molecule has 0 atom stereocenters. The van der Waals surface area contributed by atoms with E-state index >= 15 is 0 Å². The molecule has 0 fully saturated rings. The van der Waals surface area contributed by atoms with E-state index in [1.165, 1.54) is 0 Å². The van der Waals surface area contributed by atoms with Crippen LogP contribution < -0.4 is 5.32 Å². The van der Waals surface area contributed by atoms with Crippen molar-refractivity contribution in [2.24, 2.45) is 0 Å². The van der Waals surface area contributed by atoms with Crippen LogP contribution in [0.25, 0.3) is 0 Å². The van der Waals surface area contributed by atoms with Gasteiger partial charge >= 0.3 is 0 Å². The first-order valence-corrected chi connectivity index (χ1v) is 6.36. The van der Waals surface area contributed by atoms with Gasteiger partial charge in [-0.05, 0) is 43.7 Å². The van der Waals surface area contributed by atoms with Crippen molar-refractivity contribution in [3.05, 3.63) is 57.8 Å². The summed E-state index contributed by atoms with van der Waals surface area (Å²) >= 11 is 3.44. The first kappa shape index (κ1) is 12.8. The average Bonchev–Trinajstić information content (AvgIpc) is 2.34. The maximum atomic E-state index is 12.1. The Morgan fingerprint density at radius 3 is 2.72 bits per heavy atom. The minimum absolute atomic E-state index is 0.142. The standard InChI is InChI=1S/C14H13BrN2O/c1-9-5-6-11(8-13(9)15)17-14(18)12-4-3-7-16-10(12)2/h3-8H,1-2H3,(H,17,18). The average molecular weight is 305 g/mol. The third kappa shape index (κ3) is 2.76. The third-order valence-electron chi connectivity index (χ3n) is 2.68. The lowest BCUT2D eigenvalue weighted by Crippen LogP contribution is -2.13. The normalized spacial score (nSPS) is 10.2. The highest BCUT2D eigenvalue weighted by atomic mass is 79.9. The number of rotatable bonds is 2. The third-order valence-corrected chi connectivity index (χ3v) is 3.54. The number of amides is 1. The second kappa shape index (κ2) is 5.31. The number of hydrogen-bond acceptors (Lipinski definition) is 2. The summed E-state index contributed by atoms with van der Waals surface area (Å²) in [4.78, 5) is 16.2. The summed E-state index contributed by atoms with van der Waals surface area (Å²) in [5.41, 5.74) is 3.21. The molecule has 1 amide bonds. The van der Waals surface area contributed by atoms with E-state index in [1.807, 2.05) is 32.0 Å². The maximum Gasteiger partial charge on any atom is 0.257 e. The van der Waals surface area contributed by atoms with Gasteiger partial charge in [0.15, 0.2) is 0 Å². The zero-order valence-electron chi connectivity index (χ0n) is 10.2. The lowest BCUT2D eigenvalue weighted by atomic mass is 10.2. The predicted molar refractivity (Wildman–Crippen MR) is 75.8 cm³/mol. The number of halogens is 1. The Morgan fingerprint density at radius 2 is 2.06 bits per heavy atom. The lowest BCUT2D eigenvalue weighted by molar-refractivity contribution is 0.102.